The van der Waals surface area contributed by atoms with E-state index in [0.29, 0.717) is 22.3 Å². The van der Waals surface area contributed by atoms with Gasteiger partial charge in [0.05, 0.1) is 6.26 Å². The number of carbonyl (C=O) groups is 1. The third-order valence-corrected chi connectivity index (χ3v) is 4.62. The first kappa shape index (κ1) is 18.6. The van der Waals surface area contributed by atoms with Gasteiger partial charge in [0.15, 0.2) is 5.82 Å². The monoisotopic (exact) mass is 405 g/mol. The van der Waals surface area contributed by atoms with Crippen molar-refractivity contribution in [3.63, 3.8) is 0 Å². The summed E-state index contributed by atoms with van der Waals surface area (Å²) in [5.41, 5.74) is 2.45. The van der Waals surface area contributed by atoms with E-state index in [-0.39, 0.29) is 5.70 Å². The van der Waals surface area contributed by atoms with E-state index >= 15 is 0 Å². The van der Waals surface area contributed by atoms with Crippen LogP contribution in [0.3, 0.4) is 0 Å². The van der Waals surface area contributed by atoms with Crippen LogP contribution in [0, 0.1) is 6.92 Å². The third kappa shape index (κ3) is 4.09. The molecule has 7 nitrogen and oxygen atoms in total. The van der Waals surface area contributed by atoms with Crippen LogP contribution < -0.4 is 5.32 Å². The van der Waals surface area contributed by atoms with Gasteiger partial charge in [0, 0.05) is 22.3 Å². The molecule has 0 spiro atoms. The zero-order valence-electron chi connectivity index (χ0n) is 15.4. The van der Waals surface area contributed by atoms with E-state index in [4.69, 9.17) is 16.0 Å². The highest BCUT2D eigenvalue weighted by molar-refractivity contribution is 6.32. The molecule has 0 atom stereocenters. The number of rotatable bonds is 5. The van der Waals surface area contributed by atoms with Gasteiger partial charge < -0.3 is 9.73 Å². The largest absolute Gasteiger partial charge is 0.465 e. The standard InChI is InChI=1S/C21H16ClN5O2/c1-14-9-10-16(12-18(14)22)23-21(28)19(13-17-8-5-11-29-17)27-20(24-25-26-27)15-6-3-2-4-7-15/h2-13H,1H3,(H,23,28)/b19-13+. The van der Waals surface area contributed by atoms with E-state index < -0.39 is 5.91 Å². The molecule has 4 rings (SSSR count). The van der Waals surface area contributed by atoms with Crippen molar-refractivity contribution in [1.29, 1.82) is 0 Å². The van der Waals surface area contributed by atoms with Gasteiger partial charge >= 0.3 is 0 Å². The van der Waals surface area contributed by atoms with Crippen molar-refractivity contribution in [3.8, 4) is 11.4 Å². The first-order valence-electron chi connectivity index (χ1n) is 8.79. The smallest absolute Gasteiger partial charge is 0.274 e. The fraction of sp³-hybridized carbons (Fsp3) is 0.0476. The summed E-state index contributed by atoms with van der Waals surface area (Å²) in [5, 5.41) is 15.3. The van der Waals surface area contributed by atoms with E-state index in [1.165, 1.54) is 10.9 Å². The van der Waals surface area contributed by atoms with Gasteiger partial charge in [0.1, 0.15) is 11.5 Å². The van der Waals surface area contributed by atoms with Crippen molar-refractivity contribution in [2.75, 3.05) is 5.32 Å². The van der Waals surface area contributed by atoms with Crippen LogP contribution in [0.4, 0.5) is 5.69 Å². The SMILES string of the molecule is Cc1ccc(NC(=O)/C(=C\c2ccco2)n2nnnc2-c2ccccc2)cc1Cl. The molecule has 0 aliphatic rings. The van der Waals surface area contributed by atoms with Crippen LogP contribution in [0.5, 0.6) is 0 Å². The molecule has 1 N–H and O–H groups in total. The number of aryl methyl sites for hydroxylation is 1. The number of carbonyl (C=O) groups excluding carboxylic acids is 1. The Labute approximate surface area is 171 Å². The lowest BCUT2D eigenvalue weighted by Gasteiger charge is -2.11. The number of halogens is 1. The van der Waals surface area contributed by atoms with Crippen molar-refractivity contribution in [2.45, 2.75) is 6.92 Å². The number of nitrogens with one attached hydrogen (secondary N) is 1. The van der Waals surface area contributed by atoms with Crippen LogP contribution in [-0.2, 0) is 4.79 Å². The summed E-state index contributed by atoms with van der Waals surface area (Å²) < 4.78 is 6.76. The number of benzene rings is 2. The summed E-state index contributed by atoms with van der Waals surface area (Å²) in [5.74, 6) is 0.512. The average Bonchev–Trinajstić information content (AvgIpc) is 3.41. The van der Waals surface area contributed by atoms with Gasteiger partial charge in [-0.05, 0) is 47.2 Å². The molecule has 0 unspecified atom stereocenters. The maximum Gasteiger partial charge on any atom is 0.274 e. The quantitative estimate of drug-likeness (QED) is 0.493. The number of nitrogens with zero attached hydrogens (tertiary/aromatic N) is 4. The van der Waals surface area contributed by atoms with Gasteiger partial charge in [-0.3, -0.25) is 4.79 Å². The van der Waals surface area contributed by atoms with Gasteiger partial charge in [0.2, 0.25) is 0 Å². The van der Waals surface area contributed by atoms with Gasteiger partial charge in [-0.2, -0.15) is 4.68 Å². The summed E-state index contributed by atoms with van der Waals surface area (Å²) >= 11 is 6.18. The second-order valence-corrected chi connectivity index (χ2v) is 6.65. The molecule has 144 valence electrons. The minimum Gasteiger partial charge on any atom is -0.465 e. The lowest BCUT2D eigenvalue weighted by molar-refractivity contribution is -0.111. The molecule has 0 fully saturated rings. The lowest BCUT2D eigenvalue weighted by Crippen LogP contribution is -2.19. The lowest BCUT2D eigenvalue weighted by atomic mass is 10.2. The van der Waals surface area contributed by atoms with Crippen LogP contribution in [0.25, 0.3) is 23.2 Å². The van der Waals surface area contributed by atoms with E-state index in [1.54, 1.807) is 30.3 Å². The first-order chi connectivity index (χ1) is 14.1. The Kier molecular flexibility index (Phi) is 5.22. The van der Waals surface area contributed by atoms with Crippen molar-refractivity contribution >= 4 is 35.0 Å². The maximum absolute atomic E-state index is 13.1. The third-order valence-electron chi connectivity index (χ3n) is 4.21. The molecule has 2 aromatic carbocycles. The predicted octanol–water partition coefficient (Wildman–Crippen LogP) is 4.53. The second-order valence-electron chi connectivity index (χ2n) is 6.24. The van der Waals surface area contributed by atoms with Crippen LogP contribution >= 0.6 is 11.6 Å². The normalized spacial score (nSPS) is 11.4. The zero-order chi connectivity index (χ0) is 20.2. The van der Waals surface area contributed by atoms with E-state index in [2.05, 4.69) is 20.8 Å². The molecule has 0 bridgehead atoms. The fourth-order valence-electron chi connectivity index (χ4n) is 2.71. The molecule has 0 aliphatic heterocycles. The number of hydrogen-bond donors (Lipinski definition) is 1. The van der Waals surface area contributed by atoms with E-state index in [0.717, 1.165) is 11.1 Å². The highest BCUT2D eigenvalue weighted by Crippen LogP contribution is 2.24. The maximum atomic E-state index is 13.1. The number of amides is 1. The second kappa shape index (κ2) is 8.12. The number of anilines is 1. The Morgan fingerprint density at radius 3 is 2.69 bits per heavy atom. The van der Waals surface area contributed by atoms with Crippen molar-refractivity contribution in [1.82, 2.24) is 20.2 Å². The Morgan fingerprint density at radius 1 is 1.14 bits per heavy atom. The predicted molar refractivity (Wildman–Crippen MR) is 111 cm³/mol. The van der Waals surface area contributed by atoms with Crippen LogP contribution in [0.15, 0.2) is 71.3 Å². The Hall–Kier alpha value is -3.71. The Bertz CT molecular complexity index is 1170. The zero-order valence-corrected chi connectivity index (χ0v) is 16.2. The van der Waals surface area contributed by atoms with Crippen molar-refractivity contribution in [2.24, 2.45) is 0 Å². The molecule has 4 aromatic rings. The van der Waals surface area contributed by atoms with Crippen LogP contribution in [-0.4, -0.2) is 26.1 Å². The molecule has 2 heterocycles. The summed E-state index contributed by atoms with van der Waals surface area (Å²) in [4.78, 5) is 13.1. The topological polar surface area (TPSA) is 85.8 Å². The Morgan fingerprint density at radius 2 is 1.97 bits per heavy atom. The molecule has 29 heavy (non-hydrogen) atoms. The molecule has 0 aliphatic carbocycles. The molecule has 0 radical (unpaired) electrons. The Balaban J connectivity index is 1.75. The molecule has 2 aromatic heterocycles. The minimum absolute atomic E-state index is 0.195. The number of tetrazole rings is 1. The van der Waals surface area contributed by atoms with E-state index in [9.17, 15) is 4.79 Å². The first-order valence-corrected chi connectivity index (χ1v) is 9.16. The van der Waals surface area contributed by atoms with Crippen molar-refractivity contribution < 1.29 is 9.21 Å². The molecule has 0 saturated carbocycles. The van der Waals surface area contributed by atoms with Crippen molar-refractivity contribution in [3.05, 3.63) is 83.3 Å². The summed E-state index contributed by atoms with van der Waals surface area (Å²) in [6, 6.07) is 18.1. The highest BCUT2D eigenvalue weighted by Gasteiger charge is 2.20. The molecule has 0 saturated heterocycles. The molecule has 8 heteroatoms. The van der Waals surface area contributed by atoms with E-state index in [1.807, 2.05) is 43.3 Å². The van der Waals surface area contributed by atoms with Crippen LogP contribution in [0.2, 0.25) is 5.02 Å². The van der Waals surface area contributed by atoms with Gasteiger partial charge in [-0.15, -0.1) is 5.10 Å². The number of furan rings is 1. The fourth-order valence-corrected chi connectivity index (χ4v) is 2.89. The summed E-state index contributed by atoms with van der Waals surface area (Å²) in [7, 11) is 0. The van der Waals surface area contributed by atoms with Gasteiger partial charge in [-0.25, -0.2) is 0 Å². The molecular weight excluding hydrogens is 390 g/mol. The molecular formula is C21H16ClN5O2. The van der Waals surface area contributed by atoms with Gasteiger partial charge in [0.25, 0.3) is 5.91 Å². The number of aromatic nitrogens is 4. The van der Waals surface area contributed by atoms with Crippen LogP contribution in [0.1, 0.15) is 11.3 Å². The highest BCUT2D eigenvalue weighted by atomic mass is 35.5. The average molecular weight is 406 g/mol. The minimum atomic E-state index is -0.411. The molecule has 1 amide bonds. The van der Waals surface area contributed by atoms with Gasteiger partial charge in [-0.1, -0.05) is 48.0 Å². The summed E-state index contributed by atoms with van der Waals surface area (Å²) in [6.45, 7) is 1.89. The summed E-state index contributed by atoms with van der Waals surface area (Å²) in [6.07, 6.45) is 3.10. The number of hydrogen-bond acceptors (Lipinski definition) is 5.